The number of piperidine rings is 1. The van der Waals surface area contributed by atoms with Gasteiger partial charge in [0.1, 0.15) is 0 Å². The van der Waals surface area contributed by atoms with Crippen LogP contribution in [0.5, 0.6) is 0 Å². The number of ether oxygens (including phenoxy) is 1. The molecule has 6 nitrogen and oxygen atoms in total. The Kier molecular flexibility index (Phi) is 5.15. The highest BCUT2D eigenvalue weighted by molar-refractivity contribution is 5.78. The molecule has 108 valence electrons. The van der Waals surface area contributed by atoms with Gasteiger partial charge in [0.25, 0.3) is 0 Å². The van der Waals surface area contributed by atoms with E-state index in [1.807, 2.05) is 0 Å². The zero-order valence-electron chi connectivity index (χ0n) is 11.1. The van der Waals surface area contributed by atoms with Crippen molar-refractivity contribution in [2.45, 2.75) is 31.7 Å². The number of carbonyl (C=O) groups excluding carboxylic acids is 1. The fraction of sp³-hybridized carbons (Fsp3) is 0.846. The fourth-order valence-electron chi connectivity index (χ4n) is 2.80. The Morgan fingerprint density at radius 3 is 2.68 bits per heavy atom. The van der Waals surface area contributed by atoms with Crippen molar-refractivity contribution in [2.75, 3.05) is 32.8 Å². The summed E-state index contributed by atoms with van der Waals surface area (Å²) in [6.07, 6.45) is 2.56. The average molecular weight is 270 g/mol. The second-order valence-corrected chi connectivity index (χ2v) is 5.31. The first kappa shape index (κ1) is 14.3. The summed E-state index contributed by atoms with van der Waals surface area (Å²) in [7, 11) is 0. The molecule has 1 amide bonds. The van der Waals surface area contributed by atoms with Gasteiger partial charge in [-0.15, -0.1) is 0 Å². The van der Waals surface area contributed by atoms with Crippen LogP contribution in [0, 0.1) is 5.92 Å². The van der Waals surface area contributed by atoms with Crippen LogP contribution in [0.2, 0.25) is 0 Å². The Balaban J connectivity index is 1.88. The predicted molar refractivity (Wildman–Crippen MR) is 68.8 cm³/mol. The van der Waals surface area contributed by atoms with Crippen molar-refractivity contribution < 1.29 is 19.4 Å². The number of amides is 1. The van der Waals surface area contributed by atoms with Crippen LogP contribution >= 0.6 is 0 Å². The fourth-order valence-corrected chi connectivity index (χ4v) is 2.80. The predicted octanol–water partition coefficient (Wildman–Crippen LogP) is 0.0782. The highest BCUT2D eigenvalue weighted by Crippen LogP contribution is 2.20. The summed E-state index contributed by atoms with van der Waals surface area (Å²) in [6.45, 7) is 3.30. The van der Waals surface area contributed by atoms with Gasteiger partial charge in [0, 0.05) is 13.0 Å². The molecule has 2 heterocycles. The zero-order valence-corrected chi connectivity index (χ0v) is 11.1. The first-order valence-electron chi connectivity index (χ1n) is 6.96. The maximum absolute atomic E-state index is 12.3. The van der Waals surface area contributed by atoms with Crippen LogP contribution in [0.1, 0.15) is 25.7 Å². The van der Waals surface area contributed by atoms with Crippen LogP contribution in [-0.2, 0) is 14.3 Å². The quantitative estimate of drug-likeness (QED) is 0.756. The minimum absolute atomic E-state index is 0.0298. The van der Waals surface area contributed by atoms with E-state index in [1.54, 1.807) is 4.90 Å². The van der Waals surface area contributed by atoms with Crippen molar-refractivity contribution in [3.05, 3.63) is 0 Å². The third-order valence-corrected chi connectivity index (χ3v) is 3.88. The molecule has 2 aliphatic heterocycles. The van der Waals surface area contributed by atoms with E-state index in [4.69, 9.17) is 9.84 Å². The summed E-state index contributed by atoms with van der Waals surface area (Å²) in [5.41, 5.74) is 0. The van der Waals surface area contributed by atoms with Crippen LogP contribution in [-0.4, -0.2) is 60.8 Å². The molecule has 19 heavy (non-hydrogen) atoms. The number of carbonyl (C=O) groups is 2. The third-order valence-electron chi connectivity index (χ3n) is 3.88. The van der Waals surface area contributed by atoms with Gasteiger partial charge >= 0.3 is 5.97 Å². The number of morpholine rings is 1. The minimum atomic E-state index is -0.879. The lowest BCUT2D eigenvalue weighted by atomic mass is 9.93. The second-order valence-electron chi connectivity index (χ2n) is 5.31. The molecule has 6 heteroatoms. The van der Waals surface area contributed by atoms with E-state index >= 15 is 0 Å². The van der Waals surface area contributed by atoms with Gasteiger partial charge in [-0.3, -0.25) is 9.59 Å². The van der Waals surface area contributed by atoms with Crippen LogP contribution in [0.3, 0.4) is 0 Å². The van der Waals surface area contributed by atoms with Crippen molar-refractivity contribution in [3.8, 4) is 0 Å². The lowest BCUT2D eigenvalue weighted by Crippen LogP contribution is -2.50. The minimum Gasteiger partial charge on any atom is -0.481 e. The van der Waals surface area contributed by atoms with Gasteiger partial charge < -0.3 is 20.1 Å². The molecule has 0 bridgehead atoms. The summed E-state index contributed by atoms with van der Waals surface area (Å²) in [5, 5.41) is 12.2. The van der Waals surface area contributed by atoms with Crippen LogP contribution in [0.4, 0.5) is 0 Å². The smallest absolute Gasteiger partial charge is 0.305 e. The lowest BCUT2D eigenvalue weighted by Gasteiger charge is -2.36. The molecule has 2 fully saturated rings. The highest BCUT2D eigenvalue weighted by Gasteiger charge is 2.30. The molecule has 0 aromatic heterocycles. The molecule has 0 spiro atoms. The molecule has 2 rings (SSSR count). The summed E-state index contributed by atoms with van der Waals surface area (Å²) in [6, 6.07) is -0.305. The Bertz CT molecular complexity index is 329. The van der Waals surface area contributed by atoms with Gasteiger partial charge in [0.2, 0.25) is 5.91 Å². The summed E-state index contributed by atoms with van der Waals surface area (Å²) in [4.78, 5) is 24.8. The topological polar surface area (TPSA) is 78.9 Å². The Morgan fingerprint density at radius 1 is 1.26 bits per heavy atom. The lowest BCUT2D eigenvalue weighted by molar-refractivity contribution is -0.147. The van der Waals surface area contributed by atoms with Gasteiger partial charge in [0.05, 0.1) is 25.7 Å². The van der Waals surface area contributed by atoms with E-state index in [9.17, 15) is 9.59 Å². The molecule has 0 aromatic rings. The SMILES string of the molecule is O=C(O)CC1COCCN1C(=O)CC1CCNCC1. The zero-order chi connectivity index (χ0) is 13.7. The molecule has 0 aromatic carbocycles. The van der Waals surface area contributed by atoms with E-state index in [2.05, 4.69) is 5.32 Å². The van der Waals surface area contributed by atoms with Crippen LogP contribution in [0.15, 0.2) is 0 Å². The molecule has 2 aliphatic rings. The largest absolute Gasteiger partial charge is 0.481 e. The molecule has 0 aliphatic carbocycles. The number of carboxylic acids is 1. The third kappa shape index (κ3) is 4.18. The Morgan fingerprint density at radius 2 is 2.00 bits per heavy atom. The Hall–Kier alpha value is -1.14. The normalized spacial score (nSPS) is 25.3. The van der Waals surface area contributed by atoms with E-state index in [-0.39, 0.29) is 18.4 Å². The molecule has 0 saturated carbocycles. The molecule has 2 saturated heterocycles. The van der Waals surface area contributed by atoms with Gasteiger partial charge in [-0.1, -0.05) is 0 Å². The van der Waals surface area contributed by atoms with Crippen molar-refractivity contribution in [1.82, 2.24) is 10.2 Å². The first-order chi connectivity index (χ1) is 9.16. The second kappa shape index (κ2) is 6.86. The van der Waals surface area contributed by atoms with Crippen molar-refractivity contribution in [1.29, 1.82) is 0 Å². The van der Waals surface area contributed by atoms with Crippen molar-refractivity contribution >= 4 is 11.9 Å². The number of nitrogens with one attached hydrogen (secondary N) is 1. The first-order valence-corrected chi connectivity index (χ1v) is 6.96. The number of hydrogen-bond donors (Lipinski definition) is 2. The number of carboxylic acid groups (broad SMARTS) is 1. The molecule has 0 radical (unpaired) electrons. The molecule has 2 N–H and O–H groups in total. The molecular formula is C13H22N2O4. The standard InChI is InChI=1S/C13H22N2O4/c16-12(7-10-1-3-14-4-2-10)15-5-6-19-9-11(15)8-13(17)18/h10-11,14H,1-9H2,(H,17,18). The monoisotopic (exact) mass is 270 g/mol. The van der Waals surface area contributed by atoms with E-state index < -0.39 is 5.97 Å². The summed E-state index contributed by atoms with van der Waals surface area (Å²) >= 11 is 0. The van der Waals surface area contributed by atoms with Gasteiger partial charge in [0.15, 0.2) is 0 Å². The van der Waals surface area contributed by atoms with Crippen molar-refractivity contribution in [2.24, 2.45) is 5.92 Å². The van der Waals surface area contributed by atoms with Crippen LogP contribution in [0.25, 0.3) is 0 Å². The Labute approximate surface area is 113 Å². The number of nitrogens with zero attached hydrogens (tertiary/aromatic N) is 1. The van der Waals surface area contributed by atoms with Crippen molar-refractivity contribution in [3.63, 3.8) is 0 Å². The number of hydrogen-bond acceptors (Lipinski definition) is 4. The number of rotatable bonds is 4. The summed E-state index contributed by atoms with van der Waals surface area (Å²) < 4.78 is 5.29. The average Bonchev–Trinajstić information content (AvgIpc) is 2.39. The van der Waals surface area contributed by atoms with Gasteiger partial charge in [-0.25, -0.2) is 0 Å². The van der Waals surface area contributed by atoms with Crippen LogP contribution < -0.4 is 5.32 Å². The highest BCUT2D eigenvalue weighted by atomic mass is 16.5. The van der Waals surface area contributed by atoms with Gasteiger partial charge in [-0.05, 0) is 31.8 Å². The molecule has 1 unspecified atom stereocenters. The number of aliphatic carboxylic acids is 1. The maximum atomic E-state index is 12.3. The van der Waals surface area contributed by atoms with E-state index in [0.29, 0.717) is 32.1 Å². The molecule has 1 atom stereocenters. The summed E-state index contributed by atoms with van der Waals surface area (Å²) in [5.74, 6) is -0.362. The molecular weight excluding hydrogens is 248 g/mol. The van der Waals surface area contributed by atoms with E-state index in [0.717, 1.165) is 25.9 Å². The van der Waals surface area contributed by atoms with E-state index in [1.165, 1.54) is 0 Å². The maximum Gasteiger partial charge on any atom is 0.305 e. The van der Waals surface area contributed by atoms with Gasteiger partial charge in [-0.2, -0.15) is 0 Å².